The molecule has 1 aliphatic heterocycles. The van der Waals surface area contributed by atoms with Crippen LogP contribution >= 0.6 is 0 Å². The fourth-order valence-corrected chi connectivity index (χ4v) is 3.18. The molecule has 2 aromatic carbocycles. The molecule has 2 aromatic rings. The number of rotatable bonds is 5. The average molecular weight is 344 g/mol. The van der Waals surface area contributed by atoms with E-state index in [-0.39, 0.29) is 16.4 Å². The Balaban J connectivity index is 1.56. The van der Waals surface area contributed by atoms with Gasteiger partial charge in [-0.3, -0.25) is 10.1 Å². The molecule has 7 heteroatoms. The lowest BCUT2D eigenvalue weighted by Crippen LogP contribution is -3.13. The van der Waals surface area contributed by atoms with E-state index in [4.69, 9.17) is 4.74 Å². The van der Waals surface area contributed by atoms with Crippen molar-refractivity contribution in [2.75, 3.05) is 38.2 Å². The van der Waals surface area contributed by atoms with Gasteiger partial charge in [0.25, 0.3) is 5.69 Å². The molecular formula is C18H22N3O4+. The molecule has 0 aliphatic carbocycles. The molecular weight excluding hydrogens is 322 g/mol. The SMILES string of the molecule is COc1ccc(C[NH+]2CCN(c3ccc([N+](=O)[O-])cc3)CC2)cc1O. The van der Waals surface area contributed by atoms with Crippen molar-refractivity contribution < 1.29 is 19.7 Å². The molecule has 132 valence electrons. The predicted octanol–water partition coefficient (Wildman–Crippen LogP) is 1.21. The minimum absolute atomic E-state index is 0.118. The highest BCUT2D eigenvalue weighted by atomic mass is 16.6. The van der Waals surface area contributed by atoms with Gasteiger partial charge in [-0.25, -0.2) is 0 Å². The number of nitro benzene ring substituents is 1. The van der Waals surface area contributed by atoms with Crippen LogP contribution in [0, 0.1) is 10.1 Å². The number of anilines is 1. The van der Waals surface area contributed by atoms with Crippen LogP contribution in [0.5, 0.6) is 11.5 Å². The number of nitrogens with one attached hydrogen (secondary N) is 1. The Morgan fingerprint density at radius 1 is 1.20 bits per heavy atom. The number of ether oxygens (including phenoxy) is 1. The van der Waals surface area contributed by atoms with Crippen molar-refractivity contribution in [3.63, 3.8) is 0 Å². The molecule has 0 bridgehead atoms. The summed E-state index contributed by atoms with van der Waals surface area (Å²) in [4.78, 5) is 14.0. The zero-order chi connectivity index (χ0) is 17.8. The first-order valence-corrected chi connectivity index (χ1v) is 8.25. The van der Waals surface area contributed by atoms with Crippen LogP contribution < -0.4 is 14.5 Å². The summed E-state index contributed by atoms with van der Waals surface area (Å²) in [6.07, 6.45) is 0. The molecule has 7 nitrogen and oxygen atoms in total. The molecule has 3 rings (SSSR count). The summed E-state index contributed by atoms with van der Waals surface area (Å²) in [6, 6.07) is 12.2. The molecule has 0 atom stereocenters. The molecule has 0 spiro atoms. The lowest BCUT2D eigenvalue weighted by molar-refractivity contribution is -0.914. The third kappa shape index (κ3) is 4.00. The molecule has 2 N–H and O–H groups in total. The highest BCUT2D eigenvalue weighted by molar-refractivity contribution is 5.51. The largest absolute Gasteiger partial charge is 0.504 e. The van der Waals surface area contributed by atoms with Crippen LogP contribution in [0.2, 0.25) is 0 Å². The van der Waals surface area contributed by atoms with Crippen LogP contribution in [0.3, 0.4) is 0 Å². The quantitative estimate of drug-likeness (QED) is 0.630. The number of phenolic OH excluding ortho intramolecular Hbond substituents is 1. The van der Waals surface area contributed by atoms with Gasteiger partial charge in [-0.2, -0.15) is 0 Å². The highest BCUT2D eigenvalue weighted by Crippen LogP contribution is 2.26. The Labute approximate surface area is 146 Å². The molecule has 1 aliphatic rings. The molecule has 0 aromatic heterocycles. The maximum Gasteiger partial charge on any atom is 0.269 e. The molecule has 0 radical (unpaired) electrons. The maximum absolute atomic E-state index is 10.7. The minimum atomic E-state index is -0.379. The van der Waals surface area contributed by atoms with Gasteiger partial charge in [0, 0.05) is 23.4 Å². The van der Waals surface area contributed by atoms with Crippen molar-refractivity contribution in [3.8, 4) is 11.5 Å². The Morgan fingerprint density at radius 3 is 2.44 bits per heavy atom. The van der Waals surface area contributed by atoms with Crippen molar-refractivity contribution in [3.05, 3.63) is 58.1 Å². The van der Waals surface area contributed by atoms with E-state index in [9.17, 15) is 15.2 Å². The first-order chi connectivity index (χ1) is 12.1. The van der Waals surface area contributed by atoms with E-state index < -0.39 is 0 Å². The highest BCUT2D eigenvalue weighted by Gasteiger charge is 2.21. The molecule has 25 heavy (non-hydrogen) atoms. The molecule has 0 amide bonds. The summed E-state index contributed by atoms with van der Waals surface area (Å²) in [5.74, 6) is 0.658. The summed E-state index contributed by atoms with van der Waals surface area (Å²) in [5.41, 5.74) is 2.22. The molecule has 1 saturated heterocycles. The average Bonchev–Trinajstić information content (AvgIpc) is 2.63. The number of non-ortho nitro benzene ring substituents is 1. The van der Waals surface area contributed by atoms with Crippen LogP contribution in [0.25, 0.3) is 0 Å². The van der Waals surface area contributed by atoms with Gasteiger partial charge in [-0.05, 0) is 30.3 Å². The Hall–Kier alpha value is -2.80. The second-order valence-corrected chi connectivity index (χ2v) is 6.19. The summed E-state index contributed by atoms with van der Waals surface area (Å²) in [6.45, 7) is 4.60. The van der Waals surface area contributed by atoms with Gasteiger partial charge in [-0.15, -0.1) is 0 Å². The number of phenols is 1. The Bertz CT molecular complexity index is 740. The number of quaternary nitrogens is 1. The molecule has 1 fully saturated rings. The van der Waals surface area contributed by atoms with Crippen LogP contribution in [-0.4, -0.2) is 43.3 Å². The fraction of sp³-hybridized carbons (Fsp3) is 0.333. The van der Waals surface area contributed by atoms with Gasteiger partial charge >= 0.3 is 0 Å². The number of hydrogen-bond donors (Lipinski definition) is 2. The second kappa shape index (κ2) is 7.40. The number of aromatic hydroxyl groups is 1. The first-order valence-electron chi connectivity index (χ1n) is 8.25. The van der Waals surface area contributed by atoms with E-state index >= 15 is 0 Å². The molecule has 0 saturated carbocycles. The lowest BCUT2D eigenvalue weighted by Gasteiger charge is -2.33. The monoisotopic (exact) mass is 344 g/mol. The van der Waals surface area contributed by atoms with Crippen molar-refractivity contribution in [2.45, 2.75) is 6.54 Å². The van der Waals surface area contributed by atoms with E-state index in [0.717, 1.165) is 44.0 Å². The van der Waals surface area contributed by atoms with Gasteiger partial charge in [0.2, 0.25) is 0 Å². The van der Waals surface area contributed by atoms with Crippen LogP contribution in [0.1, 0.15) is 5.56 Å². The number of hydrogen-bond acceptors (Lipinski definition) is 5. The van der Waals surface area contributed by atoms with Crippen LogP contribution in [-0.2, 0) is 6.54 Å². The number of methoxy groups -OCH3 is 1. The third-order valence-electron chi connectivity index (χ3n) is 4.59. The number of benzene rings is 2. The Morgan fingerprint density at radius 2 is 1.88 bits per heavy atom. The van der Waals surface area contributed by atoms with Crippen LogP contribution in [0.15, 0.2) is 42.5 Å². The van der Waals surface area contributed by atoms with Gasteiger partial charge in [0.15, 0.2) is 11.5 Å². The summed E-state index contributed by atoms with van der Waals surface area (Å²) in [5, 5.41) is 20.6. The van der Waals surface area contributed by atoms with Crippen molar-refractivity contribution in [1.82, 2.24) is 0 Å². The van der Waals surface area contributed by atoms with E-state index in [1.165, 1.54) is 12.0 Å². The van der Waals surface area contributed by atoms with Crippen molar-refractivity contribution in [2.24, 2.45) is 0 Å². The van der Waals surface area contributed by atoms with E-state index in [1.54, 1.807) is 24.3 Å². The van der Waals surface area contributed by atoms with E-state index in [0.29, 0.717) is 5.75 Å². The fourth-order valence-electron chi connectivity index (χ4n) is 3.18. The standard InChI is InChI=1S/C18H21N3O4/c1-25-18-7-2-14(12-17(18)22)13-19-8-10-20(11-9-19)15-3-5-16(6-4-15)21(23)24/h2-7,12,22H,8-11,13H2,1H3/p+1. The number of piperazine rings is 1. The smallest absolute Gasteiger partial charge is 0.269 e. The minimum Gasteiger partial charge on any atom is -0.504 e. The third-order valence-corrected chi connectivity index (χ3v) is 4.59. The van der Waals surface area contributed by atoms with Gasteiger partial charge in [0.05, 0.1) is 38.2 Å². The topological polar surface area (TPSA) is 80.3 Å². The summed E-state index contributed by atoms with van der Waals surface area (Å²) >= 11 is 0. The number of nitro groups is 1. The van der Waals surface area contributed by atoms with Gasteiger partial charge < -0.3 is 19.6 Å². The predicted molar refractivity (Wildman–Crippen MR) is 94.4 cm³/mol. The van der Waals surface area contributed by atoms with Gasteiger partial charge in [-0.1, -0.05) is 0 Å². The summed E-state index contributed by atoms with van der Waals surface area (Å²) < 4.78 is 5.07. The zero-order valence-electron chi connectivity index (χ0n) is 14.1. The van der Waals surface area contributed by atoms with Crippen molar-refractivity contribution in [1.29, 1.82) is 0 Å². The number of nitrogens with zero attached hydrogens (tertiary/aromatic N) is 2. The lowest BCUT2D eigenvalue weighted by atomic mass is 10.1. The zero-order valence-corrected chi connectivity index (χ0v) is 14.1. The maximum atomic E-state index is 10.7. The molecule has 1 heterocycles. The normalized spacial score (nSPS) is 15.2. The van der Waals surface area contributed by atoms with Crippen molar-refractivity contribution >= 4 is 11.4 Å². The summed E-state index contributed by atoms with van der Waals surface area (Å²) in [7, 11) is 1.54. The van der Waals surface area contributed by atoms with E-state index in [1.807, 2.05) is 18.2 Å². The van der Waals surface area contributed by atoms with Gasteiger partial charge in [0.1, 0.15) is 6.54 Å². The first kappa shape index (κ1) is 17.0. The molecule has 0 unspecified atom stereocenters. The second-order valence-electron chi connectivity index (χ2n) is 6.19. The van der Waals surface area contributed by atoms with E-state index in [2.05, 4.69) is 4.90 Å². The van der Waals surface area contributed by atoms with Crippen LogP contribution in [0.4, 0.5) is 11.4 Å². The Kier molecular flexibility index (Phi) is 5.04.